The second-order valence-corrected chi connectivity index (χ2v) is 4.69. The summed E-state index contributed by atoms with van der Waals surface area (Å²) in [5.41, 5.74) is 5.61. The van der Waals surface area contributed by atoms with Crippen molar-refractivity contribution >= 4 is 5.91 Å². The third kappa shape index (κ3) is 6.76. The van der Waals surface area contributed by atoms with Crippen LogP contribution >= 0.6 is 0 Å². The summed E-state index contributed by atoms with van der Waals surface area (Å²) in [7, 11) is 3.19. The van der Waals surface area contributed by atoms with Gasteiger partial charge in [0.15, 0.2) is 0 Å². The molecule has 5 nitrogen and oxygen atoms in total. The minimum Gasteiger partial charge on any atom is -0.385 e. The van der Waals surface area contributed by atoms with Crippen LogP contribution in [0.5, 0.6) is 0 Å². The first kappa shape index (κ1) is 15.3. The molecule has 0 aromatic carbocycles. The second-order valence-electron chi connectivity index (χ2n) is 4.69. The maximum absolute atomic E-state index is 11.5. The van der Waals surface area contributed by atoms with Gasteiger partial charge in [-0.1, -0.05) is 13.8 Å². The molecule has 1 unspecified atom stereocenters. The Morgan fingerprint density at radius 1 is 1.38 bits per heavy atom. The van der Waals surface area contributed by atoms with E-state index in [1.54, 1.807) is 7.11 Å². The molecular weight excluding hydrogens is 208 g/mol. The van der Waals surface area contributed by atoms with Crippen LogP contribution in [0.3, 0.4) is 0 Å². The zero-order valence-corrected chi connectivity index (χ0v) is 10.7. The molecule has 0 aliphatic carbocycles. The van der Waals surface area contributed by atoms with Crippen molar-refractivity contribution in [1.29, 1.82) is 0 Å². The van der Waals surface area contributed by atoms with Crippen LogP contribution in [-0.2, 0) is 14.3 Å². The molecular formula is C11H24N2O3. The molecule has 3 N–H and O–H groups in total. The van der Waals surface area contributed by atoms with Crippen molar-refractivity contribution < 1.29 is 14.3 Å². The average molecular weight is 232 g/mol. The Kier molecular flexibility index (Phi) is 7.29. The summed E-state index contributed by atoms with van der Waals surface area (Å²) in [5.74, 6) is -0.174. The van der Waals surface area contributed by atoms with Crippen LogP contribution < -0.4 is 11.1 Å². The summed E-state index contributed by atoms with van der Waals surface area (Å²) >= 11 is 0. The van der Waals surface area contributed by atoms with E-state index in [2.05, 4.69) is 19.2 Å². The molecule has 0 spiro atoms. The molecule has 0 saturated carbocycles. The lowest BCUT2D eigenvalue weighted by molar-refractivity contribution is -0.123. The van der Waals surface area contributed by atoms with Crippen LogP contribution in [0.25, 0.3) is 0 Å². The molecule has 1 amide bonds. The maximum atomic E-state index is 11.5. The van der Waals surface area contributed by atoms with Gasteiger partial charge in [0.1, 0.15) is 6.04 Å². The third-order valence-electron chi connectivity index (χ3n) is 2.41. The van der Waals surface area contributed by atoms with Gasteiger partial charge in [-0.2, -0.15) is 0 Å². The Morgan fingerprint density at radius 2 is 2.00 bits per heavy atom. The monoisotopic (exact) mass is 232 g/mol. The van der Waals surface area contributed by atoms with Gasteiger partial charge in [-0.25, -0.2) is 0 Å². The standard InChI is InChI=1S/C11H24N2O3/c1-11(2,5-6-15-3)8-13-10(14)9(12)7-16-4/h9H,5-8,12H2,1-4H3,(H,13,14). The molecule has 96 valence electrons. The molecule has 16 heavy (non-hydrogen) atoms. The Labute approximate surface area is 97.7 Å². The highest BCUT2D eigenvalue weighted by Crippen LogP contribution is 2.18. The average Bonchev–Trinajstić information content (AvgIpc) is 2.23. The Morgan fingerprint density at radius 3 is 2.50 bits per heavy atom. The Balaban J connectivity index is 3.89. The minimum atomic E-state index is -0.594. The zero-order valence-electron chi connectivity index (χ0n) is 10.7. The smallest absolute Gasteiger partial charge is 0.239 e. The van der Waals surface area contributed by atoms with Gasteiger partial charge in [-0.3, -0.25) is 4.79 Å². The quantitative estimate of drug-likeness (QED) is 0.624. The van der Waals surface area contributed by atoms with E-state index >= 15 is 0 Å². The number of hydrogen-bond donors (Lipinski definition) is 2. The summed E-state index contributed by atoms with van der Waals surface area (Å²) in [6.07, 6.45) is 0.892. The van der Waals surface area contributed by atoms with Gasteiger partial charge in [-0.05, 0) is 11.8 Å². The van der Waals surface area contributed by atoms with E-state index in [4.69, 9.17) is 15.2 Å². The first-order valence-electron chi connectivity index (χ1n) is 5.44. The molecule has 0 fully saturated rings. The molecule has 5 heteroatoms. The fraction of sp³-hybridized carbons (Fsp3) is 0.909. The Hall–Kier alpha value is -0.650. The number of amides is 1. The van der Waals surface area contributed by atoms with E-state index in [1.807, 2.05) is 0 Å². The van der Waals surface area contributed by atoms with Crippen molar-refractivity contribution in [1.82, 2.24) is 5.32 Å². The molecule has 0 bridgehead atoms. The van der Waals surface area contributed by atoms with Crippen molar-refractivity contribution in [3.8, 4) is 0 Å². The van der Waals surface area contributed by atoms with E-state index in [9.17, 15) is 4.79 Å². The number of carbonyl (C=O) groups is 1. The van der Waals surface area contributed by atoms with Crippen LogP contribution in [0.4, 0.5) is 0 Å². The fourth-order valence-electron chi connectivity index (χ4n) is 1.18. The maximum Gasteiger partial charge on any atom is 0.239 e. The van der Waals surface area contributed by atoms with E-state index in [1.165, 1.54) is 7.11 Å². The van der Waals surface area contributed by atoms with Crippen molar-refractivity contribution in [3.63, 3.8) is 0 Å². The molecule has 0 aromatic rings. The summed E-state index contributed by atoms with van der Waals surface area (Å²) < 4.78 is 9.83. The molecule has 1 atom stereocenters. The van der Waals surface area contributed by atoms with Crippen molar-refractivity contribution in [2.24, 2.45) is 11.1 Å². The highest BCUT2D eigenvalue weighted by molar-refractivity contribution is 5.81. The SMILES string of the molecule is COCCC(C)(C)CNC(=O)C(N)COC. The number of methoxy groups -OCH3 is 2. The molecule has 0 radical (unpaired) electrons. The summed E-state index contributed by atoms with van der Waals surface area (Å²) in [6, 6.07) is -0.594. The number of hydrogen-bond acceptors (Lipinski definition) is 4. The lowest BCUT2D eigenvalue weighted by Crippen LogP contribution is -2.46. The largest absolute Gasteiger partial charge is 0.385 e. The van der Waals surface area contributed by atoms with Gasteiger partial charge in [-0.15, -0.1) is 0 Å². The van der Waals surface area contributed by atoms with Gasteiger partial charge < -0.3 is 20.5 Å². The molecule has 0 rings (SSSR count). The van der Waals surface area contributed by atoms with Crippen molar-refractivity contribution in [3.05, 3.63) is 0 Å². The zero-order chi connectivity index (χ0) is 12.6. The molecule has 0 aliphatic heterocycles. The van der Waals surface area contributed by atoms with Crippen molar-refractivity contribution in [2.45, 2.75) is 26.3 Å². The second kappa shape index (κ2) is 7.60. The molecule has 0 aliphatic rings. The van der Waals surface area contributed by atoms with E-state index < -0.39 is 6.04 Å². The van der Waals surface area contributed by atoms with Gasteiger partial charge >= 0.3 is 0 Å². The van der Waals surface area contributed by atoms with E-state index in [0.717, 1.165) is 6.42 Å². The van der Waals surface area contributed by atoms with Crippen molar-refractivity contribution in [2.75, 3.05) is 34.0 Å². The highest BCUT2D eigenvalue weighted by atomic mass is 16.5. The number of nitrogens with two attached hydrogens (primary N) is 1. The van der Waals surface area contributed by atoms with Crippen LogP contribution in [0.2, 0.25) is 0 Å². The molecule has 0 saturated heterocycles. The first-order chi connectivity index (χ1) is 7.43. The summed E-state index contributed by atoms with van der Waals surface area (Å²) in [5, 5.41) is 2.82. The number of carbonyl (C=O) groups excluding carboxylic acids is 1. The predicted octanol–water partition coefficient (Wildman–Crippen LogP) is 0.139. The number of nitrogens with one attached hydrogen (secondary N) is 1. The van der Waals surface area contributed by atoms with Crippen LogP contribution in [0.1, 0.15) is 20.3 Å². The van der Waals surface area contributed by atoms with Gasteiger partial charge in [0, 0.05) is 27.4 Å². The minimum absolute atomic E-state index is 0.0124. The molecule has 0 aromatic heterocycles. The predicted molar refractivity (Wildman–Crippen MR) is 63.1 cm³/mol. The normalized spacial score (nSPS) is 13.6. The van der Waals surface area contributed by atoms with Gasteiger partial charge in [0.2, 0.25) is 5.91 Å². The van der Waals surface area contributed by atoms with Crippen LogP contribution in [0, 0.1) is 5.41 Å². The van der Waals surface area contributed by atoms with Crippen LogP contribution in [0.15, 0.2) is 0 Å². The number of rotatable bonds is 8. The van der Waals surface area contributed by atoms with Crippen LogP contribution in [-0.4, -0.2) is 45.9 Å². The highest BCUT2D eigenvalue weighted by Gasteiger charge is 2.20. The number of ether oxygens (including phenoxy) is 2. The third-order valence-corrected chi connectivity index (χ3v) is 2.41. The molecule has 0 heterocycles. The topological polar surface area (TPSA) is 73.6 Å². The Bertz CT molecular complexity index is 207. The first-order valence-corrected chi connectivity index (χ1v) is 5.44. The van der Waals surface area contributed by atoms with E-state index in [0.29, 0.717) is 13.2 Å². The lowest BCUT2D eigenvalue weighted by Gasteiger charge is -2.25. The summed E-state index contributed by atoms with van der Waals surface area (Å²) in [4.78, 5) is 11.5. The van der Waals surface area contributed by atoms with Gasteiger partial charge in [0.05, 0.1) is 6.61 Å². The fourth-order valence-corrected chi connectivity index (χ4v) is 1.18. The summed E-state index contributed by atoms with van der Waals surface area (Å²) in [6.45, 7) is 5.67. The van der Waals surface area contributed by atoms with E-state index in [-0.39, 0.29) is 17.9 Å². The van der Waals surface area contributed by atoms with Gasteiger partial charge in [0.25, 0.3) is 0 Å². The lowest BCUT2D eigenvalue weighted by atomic mass is 9.89.